The van der Waals surface area contributed by atoms with E-state index in [4.69, 9.17) is 21.7 Å². The number of amides is 1. The summed E-state index contributed by atoms with van der Waals surface area (Å²) < 4.78 is 26.5. The predicted molar refractivity (Wildman–Crippen MR) is 138 cm³/mol. The molecule has 0 bridgehead atoms. The van der Waals surface area contributed by atoms with E-state index in [1.54, 1.807) is 18.2 Å². The van der Waals surface area contributed by atoms with Gasteiger partial charge in [-0.25, -0.2) is 4.39 Å². The van der Waals surface area contributed by atoms with Crippen LogP contribution in [0.25, 0.3) is 6.08 Å². The first kappa shape index (κ1) is 23.5. The molecule has 1 heterocycles. The number of halogens is 2. The van der Waals surface area contributed by atoms with Gasteiger partial charge in [0.2, 0.25) is 0 Å². The second-order valence-electron chi connectivity index (χ2n) is 7.03. The van der Waals surface area contributed by atoms with Gasteiger partial charge in [-0.2, -0.15) is 0 Å². The second kappa shape index (κ2) is 10.5. The lowest BCUT2D eigenvalue weighted by molar-refractivity contribution is -0.113. The van der Waals surface area contributed by atoms with Crippen LogP contribution >= 0.6 is 39.9 Å². The van der Waals surface area contributed by atoms with Crippen LogP contribution in [0.15, 0.2) is 76.1 Å². The van der Waals surface area contributed by atoms with Crippen molar-refractivity contribution in [3.8, 4) is 11.5 Å². The van der Waals surface area contributed by atoms with Crippen molar-refractivity contribution in [2.45, 2.75) is 13.5 Å². The zero-order chi connectivity index (χ0) is 23.4. The largest absolute Gasteiger partial charge is 0.490 e. The standard InChI is InChI=1S/C25H19BrFNO3S2/c1-2-30-21-12-17(11-20(26)23(21)31-15-16-7-4-3-5-8-16)13-22-24(29)28(25(32)33-22)19-10-6-9-18(27)14-19/h3-14H,2,15H2,1H3/b22-13-. The molecule has 0 unspecified atom stereocenters. The van der Waals surface area contributed by atoms with Crippen LogP contribution in [0.1, 0.15) is 18.1 Å². The number of hydrogen-bond donors (Lipinski definition) is 0. The number of thioether (sulfide) groups is 1. The van der Waals surface area contributed by atoms with Gasteiger partial charge in [0.05, 0.1) is 21.7 Å². The average Bonchev–Trinajstić information content (AvgIpc) is 3.07. The molecular formula is C25H19BrFNO3S2. The van der Waals surface area contributed by atoms with E-state index in [0.29, 0.717) is 44.1 Å². The van der Waals surface area contributed by atoms with Gasteiger partial charge in [-0.05, 0) is 70.4 Å². The summed E-state index contributed by atoms with van der Waals surface area (Å²) in [5.41, 5.74) is 2.19. The highest BCUT2D eigenvalue weighted by molar-refractivity contribution is 9.10. The Morgan fingerprint density at radius 2 is 1.88 bits per heavy atom. The third kappa shape index (κ3) is 5.46. The Balaban J connectivity index is 1.61. The van der Waals surface area contributed by atoms with Gasteiger partial charge in [-0.1, -0.05) is 60.4 Å². The van der Waals surface area contributed by atoms with Crippen molar-refractivity contribution < 1.29 is 18.7 Å². The molecule has 4 rings (SSSR count). The Morgan fingerprint density at radius 1 is 1.09 bits per heavy atom. The maximum absolute atomic E-state index is 13.7. The number of hydrogen-bond acceptors (Lipinski definition) is 5. The number of ether oxygens (including phenoxy) is 2. The van der Waals surface area contributed by atoms with E-state index in [0.717, 1.165) is 11.1 Å². The zero-order valence-electron chi connectivity index (χ0n) is 17.6. The number of rotatable bonds is 7. The van der Waals surface area contributed by atoms with Crippen LogP contribution in [0.3, 0.4) is 0 Å². The van der Waals surface area contributed by atoms with Crippen LogP contribution in [-0.4, -0.2) is 16.8 Å². The molecule has 168 valence electrons. The van der Waals surface area contributed by atoms with Crippen molar-refractivity contribution in [2.75, 3.05) is 11.5 Å². The molecule has 0 aliphatic carbocycles. The third-order valence-corrected chi connectivity index (χ3v) is 6.61. The Kier molecular flexibility index (Phi) is 7.47. The number of benzene rings is 3. The fourth-order valence-electron chi connectivity index (χ4n) is 3.26. The maximum atomic E-state index is 13.7. The average molecular weight is 544 g/mol. The van der Waals surface area contributed by atoms with Crippen molar-refractivity contribution in [3.05, 3.63) is 93.1 Å². The van der Waals surface area contributed by atoms with Crippen LogP contribution in [0, 0.1) is 5.82 Å². The Labute approximate surface area is 209 Å². The molecule has 0 aromatic heterocycles. The van der Waals surface area contributed by atoms with Gasteiger partial charge >= 0.3 is 0 Å². The highest BCUT2D eigenvalue weighted by Gasteiger charge is 2.33. The molecule has 8 heteroatoms. The van der Waals surface area contributed by atoms with Crippen LogP contribution in [0.4, 0.5) is 10.1 Å². The first-order chi connectivity index (χ1) is 16.0. The second-order valence-corrected chi connectivity index (χ2v) is 9.56. The minimum absolute atomic E-state index is 0.297. The van der Waals surface area contributed by atoms with Crippen molar-refractivity contribution >= 4 is 61.9 Å². The van der Waals surface area contributed by atoms with E-state index in [1.807, 2.05) is 49.4 Å². The molecule has 0 N–H and O–H groups in total. The molecule has 0 saturated carbocycles. The predicted octanol–water partition coefficient (Wildman–Crippen LogP) is 6.97. The first-order valence-corrected chi connectivity index (χ1v) is 12.1. The van der Waals surface area contributed by atoms with Gasteiger partial charge in [0.1, 0.15) is 12.4 Å². The number of carbonyl (C=O) groups is 1. The number of thiocarbonyl (C=S) groups is 1. The minimum Gasteiger partial charge on any atom is -0.490 e. The topological polar surface area (TPSA) is 38.8 Å². The minimum atomic E-state index is -0.429. The SMILES string of the molecule is CCOc1cc(/C=C2\SC(=S)N(c3cccc(F)c3)C2=O)cc(Br)c1OCc1ccccc1. The molecule has 1 amide bonds. The van der Waals surface area contributed by atoms with E-state index in [2.05, 4.69) is 15.9 Å². The molecule has 0 radical (unpaired) electrons. The third-order valence-electron chi connectivity index (χ3n) is 4.72. The van der Waals surface area contributed by atoms with Gasteiger partial charge in [0, 0.05) is 0 Å². The van der Waals surface area contributed by atoms with Crippen molar-refractivity contribution in [1.29, 1.82) is 0 Å². The van der Waals surface area contributed by atoms with Crippen LogP contribution < -0.4 is 14.4 Å². The zero-order valence-corrected chi connectivity index (χ0v) is 20.8. The summed E-state index contributed by atoms with van der Waals surface area (Å²) in [6.45, 7) is 2.75. The van der Waals surface area contributed by atoms with Gasteiger partial charge in [-0.3, -0.25) is 9.69 Å². The summed E-state index contributed by atoms with van der Waals surface area (Å²) in [4.78, 5) is 14.8. The highest BCUT2D eigenvalue weighted by atomic mass is 79.9. The quantitative estimate of drug-likeness (QED) is 0.237. The smallest absolute Gasteiger partial charge is 0.270 e. The summed E-state index contributed by atoms with van der Waals surface area (Å²) in [7, 11) is 0. The van der Waals surface area contributed by atoms with Gasteiger partial charge in [0.15, 0.2) is 15.8 Å². The molecule has 1 saturated heterocycles. The van der Waals surface area contributed by atoms with Crippen LogP contribution in [0.5, 0.6) is 11.5 Å². The molecule has 3 aromatic rings. The lowest BCUT2D eigenvalue weighted by Crippen LogP contribution is -2.27. The van der Waals surface area contributed by atoms with E-state index in [-0.39, 0.29) is 5.91 Å². The monoisotopic (exact) mass is 543 g/mol. The number of carbonyl (C=O) groups excluding carboxylic acids is 1. The fourth-order valence-corrected chi connectivity index (χ4v) is 5.13. The van der Waals surface area contributed by atoms with Crippen molar-refractivity contribution in [1.82, 2.24) is 0 Å². The Hall–Kier alpha value is -2.68. The number of nitrogens with zero attached hydrogens (tertiary/aromatic N) is 1. The lowest BCUT2D eigenvalue weighted by Gasteiger charge is -2.15. The van der Waals surface area contributed by atoms with Crippen molar-refractivity contribution in [2.24, 2.45) is 0 Å². The van der Waals surface area contributed by atoms with Gasteiger partial charge in [0.25, 0.3) is 5.91 Å². The van der Waals surface area contributed by atoms with E-state index >= 15 is 0 Å². The molecule has 1 fully saturated rings. The molecule has 1 aliphatic heterocycles. The van der Waals surface area contributed by atoms with Gasteiger partial charge in [-0.15, -0.1) is 0 Å². The molecule has 3 aromatic carbocycles. The summed E-state index contributed by atoms with van der Waals surface area (Å²) in [5.74, 6) is 0.427. The maximum Gasteiger partial charge on any atom is 0.270 e. The van der Waals surface area contributed by atoms with Crippen molar-refractivity contribution in [3.63, 3.8) is 0 Å². The normalized spacial score (nSPS) is 14.8. The molecule has 1 aliphatic rings. The summed E-state index contributed by atoms with van der Waals surface area (Å²) in [6, 6.07) is 19.3. The van der Waals surface area contributed by atoms with E-state index < -0.39 is 5.82 Å². The highest BCUT2D eigenvalue weighted by Crippen LogP contribution is 2.40. The van der Waals surface area contributed by atoms with E-state index in [1.165, 1.54) is 28.8 Å². The molecular weight excluding hydrogens is 525 g/mol. The lowest BCUT2D eigenvalue weighted by atomic mass is 10.1. The fraction of sp³-hybridized carbons (Fsp3) is 0.120. The molecule has 0 spiro atoms. The molecule has 0 atom stereocenters. The number of anilines is 1. The van der Waals surface area contributed by atoms with Gasteiger partial charge < -0.3 is 9.47 Å². The Morgan fingerprint density at radius 3 is 2.61 bits per heavy atom. The summed E-state index contributed by atoms with van der Waals surface area (Å²) in [6.07, 6.45) is 1.74. The Bertz CT molecular complexity index is 1230. The molecule has 4 nitrogen and oxygen atoms in total. The van der Waals surface area contributed by atoms with Crippen LogP contribution in [-0.2, 0) is 11.4 Å². The first-order valence-electron chi connectivity index (χ1n) is 10.1. The summed E-state index contributed by atoms with van der Waals surface area (Å²) >= 11 is 10.1. The molecule has 33 heavy (non-hydrogen) atoms. The van der Waals surface area contributed by atoms with E-state index in [9.17, 15) is 9.18 Å². The summed E-state index contributed by atoms with van der Waals surface area (Å²) in [5, 5.41) is 0. The van der Waals surface area contributed by atoms with Crippen LogP contribution in [0.2, 0.25) is 0 Å².